The average Bonchev–Trinajstić information content (AvgIpc) is 3.05. The Morgan fingerprint density at radius 1 is 1.07 bits per heavy atom. The van der Waals surface area contributed by atoms with Crippen molar-refractivity contribution < 1.29 is 9.59 Å². The lowest BCUT2D eigenvalue weighted by Gasteiger charge is -2.15. The van der Waals surface area contributed by atoms with Gasteiger partial charge in [0.1, 0.15) is 7.85 Å². The molecule has 0 saturated carbocycles. The van der Waals surface area contributed by atoms with Gasteiger partial charge in [-0.25, -0.2) is 0 Å². The van der Waals surface area contributed by atoms with E-state index in [1.54, 1.807) is 12.1 Å². The van der Waals surface area contributed by atoms with Crippen molar-refractivity contribution in [3.05, 3.63) is 63.1 Å². The molecule has 0 aromatic heterocycles. The van der Waals surface area contributed by atoms with E-state index in [1.165, 1.54) is 12.5 Å². The van der Waals surface area contributed by atoms with Crippen LogP contribution in [-0.4, -0.2) is 24.6 Å². The molecule has 1 heterocycles. The third kappa shape index (κ3) is 7.57. The van der Waals surface area contributed by atoms with Crippen molar-refractivity contribution in [1.82, 2.24) is 4.90 Å². The predicted octanol–water partition coefficient (Wildman–Crippen LogP) is 3.78. The summed E-state index contributed by atoms with van der Waals surface area (Å²) in [4.78, 5) is 23.5. The van der Waals surface area contributed by atoms with Crippen LogP contribution in [-0.2, 0) is 29.1 Å². The molecule has 0 aliphatic carbocycles. The Kier molecular flexibility index (Phi) is 10.1. The van der Waals surface area contributed by atoms with Crippen LogP contribution in [0.1, 0.15) is 43.9 Å². The minimum absolute atomic E-state index is 0.126. The molecule has 2 N–H and O–H groups in total. The van der Waals surface area contributed by atoms with Gasteiger partial charge in [0.05, 0.1) is 0 Å². The summed E-state index contributed by atoms with van der Waals surface area (Å²) in [5.74, 6) is -0.208. The van der Waals surface area contributed by atoms with Crippen LogP contribution in [0.3, 0.4) is 0 Å². The Morgan fingerprint density at radius 3 is 2.29 bits per heavy atom. The van der Waals surface area contributed by atoms with Gasteiger partial charge in [0, 0.05) is 36.5 Å². The number of hydrogen-bond donors (Lipinski definition) is 1. The number of primary amides is 1. The second-order valence-electron chi connectivity index (χ2n) is 6.12. The highest BCUT2D eigenvalue weighted by molar-refractivity contribution is 6.35. The number of nitrogens with zero attached hydrogens (tertiary/aromatic N) is 1. The number of amides is 2. The summed E-state index contributed by atoms with van der Waals surface area (Å²) in [5.41, 5.74) is 8.46. The summed E-state index contributed by atoms with van der Waals surface area (Å²) in [6.45, 7) is 6.59. The second-order valence-corrected chi connectivity index (χ2v) is 6.97. The van der Waals surface area contributed by atoms with Crippen molar-refractivity contribution in [2.24, 2.45) is 5.73 Å². The normalized spacial score (nSPS) is 11.5. The molecule has 0 bridgehead atoms. The SMILES string of the molecule is CC.CC(N)=O.[B]c1ccc2c(c1)CN(C(=O)CCc1ccc(Cl)cc1Cl)C2. The highest BCUT2D eigenvalue weighted by atomic mass is 35.5. The molecule has 28 heavy (non-hydrogen) atoms. The Bertz CT molecular complexity index is 824. The first-order valence-electron chi connectivity index (χ1n) is 9.11. The molecular formula is C21H25BCl2N2O2. The van der Waals surface area contributed by atoms with Crippen LogP contribution < -0.4 is 11.2 Å². The van der Waals surface area contributed by atoms with E-state index in [-0.39, 0.29) is 11.8 Å². The molecule has 2 aromatic carbocycles. The third-order valence-electron chi connectivity index (χ3n) is 3.93. The zero-order valence-corrected chi connectivity index (χ0v) is 18.0. The van der Waals surface area contributed by atoms with Gasteiger partial charge in [-0.1, -0.05) is 66.8 Å². The van der Waals surface area contributed by atoms with E-state index in [4.69, 9.17) is 31.0 Å². The predicted molar refractivity (Wildman–Crippen MR) is 117 cm³/mol. The van der Waals surface area contributed by atoms with Crippen molar-refractivity contribution in [1.29, 1.82) is 0 Å². The summed E-state index contributed by atoms with van der Waals surface area (Å²) in [6, 6.07) is 11.2. The minimum Gasteiger partial charge on any atom is -0.370 e. The Morgan fingerprint density at radius 2 is 1.68 bits per heavy atom. The topological polar surface area (TPSA) is 63.4 Å². The molecule has 0 unspecified atom stereocenters. The number of rotatable bonds is 3. The number of hydrogen-bond acceptors (Lipinski definition) is 2. The molecule has 0 atom stereocenters. The lowest BCUT2D eigenvalue weighted by atomic mass is 9.93. The fraction of sp³-hybridized carbons (Fsp3) is 0.333. The molecule has 148 valence electrons. The molecule has 0 fully saturated rings. The van der Waals surface area contributed by atoms with Crippen LogP contribution in [0.4, 0.5) is 0 Å². The maximum absolute atomic E-state index is 12.4. The quantitative estimate of drug-likeness (QED) is 0.770. The van der Waals surface area contributed by atoms with Crippen molar-refractivity contribution >= 4 is 48.3 Å². The van der Waals surface area contributed by atoms with Gasteiger partial charge in [0.15, 0.2) is 0 Å². The van der Waals surface area contributed by atoms with Crippen molar-refractivity contribution in [3.8, 4) is 0 Å². The summed E-state index contributed by atoms with van der Waals surface area (Å²) >= 11 is 12.0. The summed E-state index contributed by atoms with van der Waals surface area (Å²) < 4.78 is 0. The highest BCUT2D eigenvalue weighted by Gasteiger charge is 2.22. The molecule has 0 spiro atoms. The fourth-order valence-electron chi connectivity index (χ4n) is 2.71. The first kappa shape index (κ1) is 24.1. The number of halogens is 2. The molecule has 2 radical (unpaired) electrons. The van der Waals surface area contributed by atoms with Crippen molar-refractivity contribution in [2.45, 2.75) is 46.7 Å². The van der Waals surface area contributed by atoms with Gasteiger partial charge < -0.3 is 10.6 Å². The van der Waals surface area contributed by atoms with Gasteiger partial charge in [-0.15, -0.1) is 0 Å². The molecule has 1 aliphatic heterocycles. The number of fused-ring (bicyclic) bond motifs is 1. The number of aryl methyl sites for hydroxylation is 1. The van der Waals surface area contributed by atoms with Crippen LogP contribution in [0.25, 0.3) is 0 Å². The van der Waals surface area contributed by atoms with Gasteiger partial charge in [-0.3, -0.25) is 9.59 Å². The van der Waals surface area contributed by atoms with Crippen LogP contribution in [0.5, 0.6) is 0 Å². The van der Waals surface area contributed by atoms with E-state index in [0.717, 1.165) is 16.6 Å². The first-order chi connectivity index (χ1) is 13.3. The van der Waals surface area contributed by atoms with E-state index < -0.39 is 0 Å². The maximum Gasteiger partial charge on any atom is 0.223 e. The zero-order chi connectivity index (χ0) is 21.3. The molecule has 3 rings (SSSR count). The number of carbonyl (C=O) groups excluding carboxylic acids is 2. The lowest BCUT2D eigenvalue weighted by molar-refractivity contribution is -0.131. The standard InChI is InChI=1S/C17H14BCl2NO.C2H5NO.C2H6/c18-14-4-1-12-9-21(10-13(12)7-14)17(22)6-3-11-2-5-15(19)8-16(11)20;1-2(3)4;1-2/h1-2,4-5,7-8H,3,6,9-10H2;1H3,(H2,3,4);1-2H3. The van der Waals surface area contributed by atoms with Gasteiger partial charge in [0.2, 0.25) is 11.8 Å². The van der Waals surface area contributed by atoms with E-state index in [1.807, 2.05) is 43.0 Å². The minimum atomic E-state index is -0.333. The molecule has 4 nitrogen and oxygen atoms in total. The largest absolute Gasteiger partial charge is 0.370 e. The Hall–Kier alpha value is -1.98. The van der Waals surface area contributed by atoms with Crippen LogP contribution in [0.15, 0.2) is 36.4 Å². The number of nitrogens with two attached hydrogens (primary N) is 1. The third-order valence-corrected chi connectivity index (χ3v) is 4.52. The van der Waals surface area contributed by atoms with Gasteiger partial charge in [0.25, 0.3) is 0 Å². The van der Waals surface area contributed by atoms with Crippen molar-refractivity contribution in [3.63, 3.8) is 0 Å². The van der Waals surface area contributed by atoms with Crippen molar-refractivity contribution in [2.75, 3.05) is 0 Å². The molecule has 2 aromatic rings. The Labute approximate surface area is 178 Å². The highest BCUT2D eigenvalue weighted by Crippen LogP contribution is 2.25. The summed E-state index contributed by atoms with van der Waals surface area (Å²) in [6.07, 6.45) is 1.05. The monoisotopic (exact) mass is 418 g/mol. The van der Waals surface area contributed by atoms with E-state index >= 15 is 0 Å². The summed E-state index contributed by atoms with van der Waals surface area (Å²) in [7, 11) is 5.79. The lowest BCUT2D eigenvalue weighted by Crippen LogP contribution is -2.25. The fourth-order valence-corrected chi connectivity index (χ4v) is 3.22. The molecule has 0 saturated heterocycles. The van der Waals surface area contributed by atoms with E-state index in [2.05, 4.69) is 5.73 Å². The second kappa shape index (κ2) is 11.8. The Balaban J connectivity index is 0.000000583. The summed E-state index contributed by atoms with van der Waals surface area (Å²) in [5, 5.41) is 1.21. The van der Waals surface area contributed by atoms with E-state index in [0.29, 0.717) is 36.0 Å². The van der Waals surface area contributed by atoms with Gasteiger partial charge >= 0.3 is 0 Å². The maximum atomic E-state index is 12.4. The zero-order valence-electron chi connectivity index (χ0n) is 16.5. The first-order valence-corrected chi connectivity index (χ1v) is 9.87. The average molecular weight is 419 g/mol. The molecular weight excluding hydrogens is 394 g/mol. The van der Waals surface area contributed by atoms with Gasteiger partial charge in [-0.2, -0.15) is 0 Å². The van der Waals surface area contributed by atoms with Crippen LogP contribution in [0.2, 0.25) is 10.0 Å². The van der Waals surface area contributed by atoms with Crippen LogP contribution in [0, 0.1) is 0 Å². The molecule has 2 amide bonds. The molecule has 7 heteroatoms. The van der Waals surface area contributed by atoms with E-state index in [9.17, 15) is 9.59 Å². The molecule has 1 aliphatic rings. The van der Waals surface area contributed by atoms with Crippen LogP contribution >= 0.6 is 23.2 Å². The smallest absolute Gasteiger partial charge is 0.223 e. The number of benzene rings is 2. The van der Waals surface area contributed by atoms with Gasteiger partial charge in [-0.05, 0) is 35.2 Å². The number of carbonyl (C=O) groups is 2.